The average molecular weight is 231 g/mol. The minimum Gasteiger partial charge on any atom is -0.463 e. The fourth-order valence-electron chi connectivity index (χ4n) is 1.53. The minimum absolute atomic E-state index is 0.0776. The second kappa shape index (κ2) is 4.41. The molecule has 1 heterocycles. The van der Waals surface area contributed by atoms with Crippen LogP contribution in [0, 0.1) is 0 Å². The highest BCUT2D eigenvalue weighted by Gasteiger charge is 2.16. The largest absolute Gasteiger partial charge is 0.463 e. The molecule has 2 rings (SSSR count). The van der Waals surface area contributed by atoms with Crippen molar-refractivity contribution < 1.29 is 14.0 Å². The van der Waals surface area contributed by atoms with Gasteiger partial charge in [-0.25, -0.2) is 0 Å². The zero-order valence-corrected chi connectivity index (χ0v) is 9.69. The smallest absolute Gasteiger partial charge is 0.255 e. The van der Waals surface area contributed by atoms with Crippen LogP contribution < -0.4 is 5.32 Å². The molecule has 0 saturated carbocycles. The molecule has 2 aromatic rings. The van der Waals surface area contributed by atoms with Crippen LogP contribution in [0.2, 0.25) is 0 Å². The van der Waals surface area contributed by atoms with Crippen molar-refractivity contribution >= 4 is 22.7 Å². The molecule has 0 aliphatic rings. The van der Waals surface area contributed by atoms with Gasteiger partial charge < -0.3 is 9.73 Å². The van der Waals surface area contributed by atoms with Gasteiger partial charge in [0.15, 0.2) is 5.78 Å². The molecule has 1 amide bonds. The Kier molecular flexibility index (Phi) is 2.95. The Morgan fingerprint density at radius 3 is 2.71 bits per heavy atom. The highest BCUT2D eigenvalue weighted by molar-refractivity contribution is 6.07. The number of carbonyl (C=O) groups excluding carboxylic acids is 2. The molecule has 0 fully saturated rings. The predicted molar refractivity (Wildman–Crippen MR) is 63.8 cm³/mol. The lowest BCUT2D eigenvalue weighted by Gasteiger charge is -2.09. The van der Waals surface area contributed by atoms with Gasteiger partial charge in [-0.05, 0) is 19.9 Å². The van der Waals surface area contributed by atoms with Gasteiger partial charge in [0, 0.05) is 5.39 Å². The Hall–Kier alpha value is -2.10. The number of furan rings is 1. The molecular weight excluding hydrogens is 218 g/mol. The second-order valence-corrected chi connectivity index (χ2v) is 3.95. The maximum atomic E-state index is 11.9. The van der Waals surface area contributed by atoms with Crippen molar-refractivity contribution in [1.82, 2.24) is 5.32 Å². The summed E-state index contributed by atoms with van der Waals surface area (Å²) in [6.07, 6.45) is 1.41. The van der Waals surface area contributed by atoms with Gasteiger partial charge in [0.1, 0.15) is 11.8 Å². The maximum absolute atomic E-state index is 11.9. The molecular formula is C13H13NO3. The van der Waals surface area contributed by atoms with Gasteiger partial charge in [-0.2, -0.15) is 0 Å². The molecule has 0 radical (unpaired) electrons. The van der Waals surface area contributed by atoms with Crippen molar-refractivity contribution in [2.75, 3.05) is 0 Å². The number of amides is 1. The Bertz CT molecular complexity index is 571. The summed E-state index contributed by atoms with van der Waals surface area (Å²) in [5.74, 6) is -0.371. The normalized spacial score (nSPS) is 12.4. The van der Waals surface area contributed by atoms with E-state index in [0.717, 1.165) is 5.39 Å². The number of ketones is 1. The van der Waals surface area contributed by atoms with Gasteiger partial charge in [0.25, 0.3) is 5.91 Å². The fourth-order valence-corrected chi connectivity index (χ4v) is 1.53. The Morgan fingerprint density at radius 1 is 1.29 bits per heavy atom. The van der Waals surface area contributed by atoms with E-state index in [1.165, 1.54) is 13.2 Å². The number of nitrogens with one attached hydrogen (secondary N) is 1. The van der Waals surface area contributed by atoms with Crippen LogP contribution in [0.1, 0.15) is 24.2 Å². The first-order valence-electron chi connectivity index (χ1n) is 5.37. The molecule has 0 aliphatic heterocycles. The highest BCUT2D eigenvalue weighted by Crippen LogP contribution is 2.20. The second-order valence-electron chi connectivity index (χ2n) is 3.95. The van der Waals surface area contributed by atoms with Gasteiger partial charge >= 0.3 is 0 Å². The first-order valence-corrected chi connectivity index (χ1v) is 5.37. The predicted octanol–water partition coefficient (Wildman–Crippen LogP) is 2.14. The topological polar surface area (TPSA) is 59.3 Å². The molecule has 4 nitrogen and oxygen atoms in total. The number of Topliss-reactive ketones (excluding diaryl/α,β-unsaturated/α-hetero) is 1. The summed E-state index contributed by atoms with van der Waals surface area (Å²) in [4.78, 5) is 23.0. The fraction of sp³-hybridized carbons (Fsp3) is 0.231. The van der Waals surface area contributed by atoms with Crippen molar-refractivity contribution in [1.29, 1.82) is 0 Å². The van der Waals surface area contributed by atoms with Crippen LogP contribution in [0.3, 0.4) is 0 Å². The van der Waals surface area contributed by atoms with Crippen LogP contribution in [-0.2, 0) is 4.79 Å². The summed E-state index contributed by atoms with van der Waals surface area (Å²) >= 11 is 0. The zero-order valence-electron chi connectivity index (χ0n) is 9.69. The zero-order chi connectivity index (χ0) is 12.4. The summed E-state index contributed by atoms with van der Waals surface area (Å²) in [6, 6.07) is 6.79. The molecule has 0 aliphatic carbocycles. The summed E-state index contributed by atoms with van der Waals surface area (Å²) in [6.45, 7) is 3.10. The molecule has 1 aromatic carbocycles. The molecule has 0 bridgehead atoms. The Balaban J connectivity index is 2.28. The minimum atomic E-state index is -0.490. The summed E-state index contributed by atoms with van der Waals surface area (Å²) < 4.78 is 5.27. The van der Waals surface area contributed by atoms with Crippen molar-refractivity contribution in [3.8, 4) is 0 Å². The Morgan fingerprint density at radius 2 is 2.00 bits per heavy atom. The van der Waals surface area contributed by atoms with E-state index >= 15 is 0 Å². The van der Waals surface area contributed by atoms with Gasteiger partial charge in [0.2, 0.25) is 0 Å². The van der Waals surface area contributed by atoms with E-state index < -0.39 is 6.04 Å². The number of rotatable bonds is 3. The van der Waals surface area contributed by atoms with E-state index in [1.54, 1.807) is 13.0 Å². The lowest BCUT2D eigenvalue weighted by Crippen LogP contribution is -2.37. The van der Waals surface area contributed by atoms with Crippen molar-refractivity contribution in [3.05, 3.63) is 36.1 Å². The maximum Gasteiger partial charge on any atom is 0.255 e. The van der Waals surface area contributed by atoms with Crippen LogP contribution in [-0.4, -0.2) is 17.7 Å². The lowest BCUT2D eigenvalue weighted by molar-refractivity contribution is -0.118. The number of carbonyl (C=O) groups is 2. The number of fused-ring (bicyclic) bond motifs is 1. The van der Waals surface area contributed by atoms with Crippen LogP contribution in [0.5, 0.6) is 0 Å². The highest BCUT2D eigenvalue weighted by atomic mass is 16.3. The van der Waals surface area contributed by atoms with Gasteiger partial charge in [-0.1, -0.05) is 18.2 Å². The first kappa shape index (κ1) is 11.4. The third kappa shape index (κ3) is 2.20. The van der Waals surface area contributed by atoms with E-state index in [2.05, 4.69) is 5.32 Å². The third-order valence-electron chi connectivity index (χ3n) is 2.68. The van der Waals surface area contributed by atoms with Crippen LogP contribution in [0.25, 0.3) is 11.0 Å². The number of hydrogen-bond donors (Lipinski definition) is 1. The van der Waals surface area contributed by atoms with E-state index in [4.69, 9.17) is 4.42 Å². The summed E-state index contributed by atoms with van der Waals surface area (Å²) in [5, 5.41) is 3.38. The van der Waals surface area contributed by atoms with Gasteiger partial charge in [-0.15, -0.1) is 0 Å². The SMILES string of the molecule is CC(=O)C(C)NC(=O)c1coc2ccccc12. The monoisotopic (exact) mass is 231 g/mol. The molecule has 0 spiro atoms. The molecule has 17 heavy (non-hydrogen) atoms. The van der Waals surface area contributed by atoms with Gasteiger partial charge in [-0.3, -0.25) is 9.59 Å². The molecule has 1 aromatic heterocycles. The van der Waals surface area contributed by atoms with Crippen molar-refractivity contribution in [2.24, 2.45) is 0 Å². The lowest BCUT2D eigenvalue weighted by atomic mass is 10.1. The number of para-hydroxylation sites is 1. The molecule has 4 heteroatoms. The van der Waals surface area contributed by atoms with Gasteiger partial charge in [0.05, 0.1) is 11.6 Å². The summed E-state index contributed by atoms with van der Waals surface area (Å²) in [5.41, 5.74) is 1.11. The standard InChI is InChI=1S/C13H13NO3/c1-8(9(2)15)14-13(16)11-7-17-12-6-4-3-5-10(11)12/h3-8H,1-2H3,(H,14,16). The van der Waals surface area contributed by atoms with Crippen molar-refractivity contribution in [3.63, 3.8) is 0 Å². The first-order chi connectivity index (χ1) is 8.09. The Labute approximate surface area is 98.6 Å². The average Bonchev–Trinajstić information content (AvgIpc) is 2.72. The van der Waals surface area contributed by atoms with E-state index in [-0.39, 0.29) is 11.7 Å². The molecule has 1 unspecified atom stereocenters. The van der Waals surface area contributed by atoms with E-state index in [9.17, 15) is 9.59 Å². The van der Waals surface area contributed by atoms with Crippen molar-refractivity contribution in [2.45, 2.75) is 19.9 Å². The molecule has 88 valence electrons. The van der Waals surface area contributed by atoms with Crippen LogP contribution >= 0.6 is 0 Å². The number of benzene rings is 1. The number of hydrogen-bond acceptors (Lipinski definition) is 3. The summed E-state index contributed by atoms with van der Waals surface area (Å²) in [7, 11) is 0. The van der Waals surface area contributed by atoms with Crippen LogP contribution in [0.15, 0.2) is 34.9 Å². The van der Waals surface area contributed by atoms with E-state index in [0.29, 0.717) is 11.1 Å². The quantitative estimate of drug-likeness (QED) is 0.880. The van der Waals surface area contributed by atoms with E-state index in [1.807, 2.05) is 18.2 Å². The molecule has 1 atom stereocenters. The molecule has 0 saturated heterocycles. The third-order valence-corrected chi connectivity index (χ3v) is 2.68. The molecule has 1 N–H and O–H groups in total. The van der Waals surface area contributed by atoms with Crippen LogP contribution in [0.4, 0.5) is 0 Å².